The van der Waals surface area contributed by atoms with Gasteiger partial charge in [0, 0.05) is 16.1 Å². The van der Waals surface area contributed by atoms with Crippen molar-refractivity contribution in [2.75, 3.05) is 7.05 Å². The van der Waals surface area contributed by atoms with Gasteiger partial charge in [-0.25, -0.2) is 0 Å². The maximum Gasteiger partial charge on any atom is 0.231 e. The van der Waals surface area contributed by atoms with Crippen LogP contribution in [-0.4, -0.2) is 23.2 Å². The molecule has 3 rings (SSSR count). The normalized spacial score (nSPS) is 22.4. The molecule has 2 aromatic rings. The van der Waals surface area contributed by atoms with E-state index in [4.69, 9.17) is 4.52 Å². The number of aryl methyl sites for hydroxylation is 1. The van der Waals surface area contributed by atoms with Crippen molar-refractivity contribution in [1.29, 1.82) is 0 Å². The first kappa shape index (κ1) is 13.8. The third-order valence-corrected chi connectivity index (χ3v) is 4.93. The molecule has 1 N–H and O–H groups in total. The van der Waals surface area contributed by atoms with Gasteiger partial charge < -0.3 is 9.84 Å². The lowest BCUT2D eigenvalue weighted by Gasteiger charge is -2.14. The van der Waals surface area contributed by atoms with Crippen LogP contribution in [0, 0.1) is 6.92 Å². The molecule has 5 heteroatoms. The van der Waals surface area contributed by atoms with E-state index >= 15 is 0 Å². The number of nitrogens with zero attached hydrogens (tertiary/aromatic N) is 2. The highest BCUT2D eigenvalue weighted by atomic mass is 79.9. The van der Waals surface area contributed by atoms with Crippen molar-refractivity contribution in [1.82, 2.24) is 15.5 Å². The molecular weight excluding hydrogens is 318 g/mol. The molecule has 0 aliphatic heterocycles. The fourth-order valence-corrected chi connectivity index (χ4v) is 3.21. The number of halogens is 1. The molecule has 1 saturated carbocycles. The van der Waals surface area contributed by atoms with Gasteiger partial charge >= 0.3 is 0 Å². The minimum absolute atomic E-state index is 0.343. The van der Waals surface area contributed by atoms with Crippen LogP contribution in [0.4, 0.5) is 0 Å². The fraction of sp³-hybridized carbons (Fsp3) is 0.467. The van der Waals surface area contributed by atoms with Crippen molar-refractivity contribution in [2.24, 2.45) is 0 Å². The Bertz CT molecular complexity index is 611. The molecule has 1 aliphatic carbocycles. The van der Waals surface area contributed by atoms with Crippen LogP contribution in [0.25, 0.3) is 11.4 Å². The average molecular weight is 336 g/mol. The predicted octanol–water partition coefficient (Wildman–Crippen LogP) is 3.66. The number of hydrogen-bond acceptors (Lipinski definition) is 4. The second kappa shape index (κ2) is 5.66. The average Bonchev–Trinajstić information content (AvgIpc) is 3.09. The molecule has 1 aliphatic rings. The van der Waals surface area contributed by atoms with Crippen LogP contribution in [-0.2, 0) is 0 Å². The standard InChI is InChI=1S/C15H18BrN3O/c1-9-6-7-10(8-12(9)16)14-18-15(20-19-14)11-4-3-5-13(11)17-2/h6-8,11,13,17H,3-5H2,1-2H3. The SMILES string of the molecule is CNC1CCCC1c1nc(-c2ccc(C)c(Br)c2)no1. The Morgan fingerprint density at radius 3 is 2.95 bits per heavy atom. The molecule has 0 amide bonds. The Kier molecular flexibility index (Phi) is 3.89. The number of nitrogens with one attached hydrogen (secondary N) is 1. The first-order valence-corrected chi connectivity index (χ1v) is 7.75. The molecule has 1 aromatic carbocycles. The van der Waals surface area contributed by atoms with Gasteiger partial charge in [-0.3, -0.25) is 0 Å². The summed E-state index contributed by atoms with van der Waals surface area (Å²) in [7, 11) is 2.00. The second-order valence-electron chi connectivity index (χ2n) is 5.35. The monoisotopic (exact) mass is 335 g/mol. The minimum Gasteiger partial charge on any atom is -0.339 e. The van der Waals surface area contributed by atoms with Crippen LogP contribution in [0.15, 0.2) is 27.2 Å². The van der Waals surface area contributed by atoms with Gasteiger partial charge in [-0.1, -0.05) is 39.6 Å². The molecular formula is C15H18BrN3O. The summed E-state index contributed by atoms with van der Waals surface area (Å²) in [6.07, 6.45) is 3.50. The first-order chi connectivity index (χ1) is 9.69. The molecule has 0 radical (unpaired) electrons. The number of benzene rings is 1. The van der Waals surface area contributed by atoms with Crippen LogP contribution in [0.5, 0.6) is 0 Å². The van der Waals surface area contributed by atoms with Gasteiger partial charge in [0.2, 0.25) is 11.7 Å². The molecule has 2 unspecified atom stereocenters. The number of hydrogen-bond donors (Lipinski definition) is 1. The summed E-state index contributed by atoms with van der Waals surface area (Å²) in [6.45, 7) is 2.06. The highest BCUT2D eigenvalue weighted by molar-refractivity contribution is 9.10. The largest absolute Gasteiger partial charge is 0.339 e. The Labute approximate surface area is 127 Å². The van der Waals surface area contributed by atoms with E-state index in [2.05, 4.69) is 44.4 Å². The van der Waals surface area contributed by atoms with Crippen molar-refractivity contribution >= 4 is 15.9 Å². The van der Waals surface area contributed by atoms with E-state index in [0.717, 1.165) is 22.3 Å². The molecule has 2 atom stereocenters. The lowest BCUT2D eigenvalue weighted by Crippen LogP contribution is -2.27. The van der Waals surface area contributed by atoms with Gasteiger partial charge in [0.15, 0.2) is 0 Å². The zero-order chi connectivity index (χ0) is 14.1. The van der Waals surface area contributed by atoms with Gasteiger partial charge in [0.1, 0.15) is 0 Å². The zero-order valence-electron chi connectivity index (χ0n) is 11.7. The Balaban J connectivity index is 1.88. The van der Waals surface area contributed by atoms with E-state index in [1.807, 2.05) is 19.2 Å². The quantitative estimate of drug-likeness (QED) is 0.929. The predicted molar refractivity (Wildman–Crippen MR) is 81.6 cm³/mol. The summed E-state index contributed by atoms with van der Waals surface area (Å²) in [5, 5.41) is 7.48. The van der Waals surface area contributed by atoms with Crippen molar-refractivity contribution in [2.45, 2.75) is 38.1 Å². The summed E-state index contributed by atoms with van der Waals surface area (Å²) in [5.41, 5.74) is 2.18. The lowest BCUT2D eigenvalue weighted by molar-refractivity contribution is 0.335. The molecule has 1 aromatic heterocycles. The summed E-state index contributed by atoms with van der Waals surface area (Å²) in [6, 6.07) is 6.57. The molecule has 1 heterocycles. The van der Waals surface area contributed by atoms with Gasteiger partial charge in [-0.15, -0.1) is 0 Å². The molecule has 0 spiro atoms. The van der Waals surface area contributed by atoms with E-state index in [-0.39, 0.29) is 0 Å². The summed E-state index contributed by atoms with van der Waals surface area (Å²) >= 11 is 3.54. The second-order valence-corrected chi connectivity index (χ2v) is 6.21. The maximum absolute atomic E-state index is 5.49. The Morgan fingerprint density at radius 2 is 2.20 bits per heavy atom. The molecule has 1 fully saturated rings. The van der Waals surface area contributed by atoms with Gasteiger partial charge in [0.25, 0.3) is 0 Å². The third kappa shape index (κ3) is 2.52. The Hall–Kier alpha value is -1.20. The van der Waals surface area contributed by atoms with Crippen LogP contribution in [0.1, 0.15) is 36.6 Å². The first-order valence-electron chi connectivity index (χ1n) is 6.96. The maximum atomic E-state index is 5.49. The van der Waals surface area contributed by atoms with Gasteiger partial charge in [-0.05, 0) is 38.4 Å². The third-order valence-electron chi connectivity index (χ3n) is 4.08. The molecule has 0 bridgehead atoms. The van der Waals surface area contributed by atoms with E-state index < -0.39 is 0 Å². The van der Waals surface area contributed by atoms with E-state index in [9.17, 15) is 0 Å². The highest BCUT2D eigenvalue weighted by Crippen LogP contribution is 2.34. The van der Waals surface area contributed by atoms with Crippen molar-refractivity contribution in [3.8, 4) is 11.4 Å². The topological polar surface area (TPSA) is 51.0 Å². The van der Waals surface area contributed by atoms with Crippen LogP contribution in [0.2, 0.25) is 0 Å². The number of rotatable bonds is 3. The van der Waals surface area contributed by atoms with Crippen molar-refractivity contribution in [3.05, 3.63) is 34.1 Å². The summed E-state index contributed by atoms with van der Waals surface area (Å²) < 4.78 is 6.55. The van der Waals surface area contributed by atoms with Crippen LogP contribution < -0.4 is 5.32 Å². The number of aromatic nitrogens is 2. The fourth-order valence-electron chi connectivity index (χ4n) is 2.84. The summed E-state index contributed by atoms with van der Waals surface area (Å²) in [4.78, 5) is 4.59. The van der Waals surface area contributed by atoms with Gasteiger partial charge in [0.05, 0.1) is 5.92 Å². The smallest absolute Gasteiger partial charge is 0.231 e. The molecule has 0 saturated heterocycles. The molecule has 4 nitrogen and oxygen atoms in total. The van der Waals surface area contributed by atoms with E-state index in [1.165, 1.54) is 18.4 Å². The van der Waals surface area contributed by atoms with Gasteiger partial charge in [-0.2, -0.15) is 4.98 Å². The Morgan fingerprint density at radius 1 is 1.35 bits per heavy atom. The van der Waals surface area contributed by atoms with E-state index in [1.54, 1.807) is 0 Å². The zero-order valence-corrected chi connectivity index (χ0v) is 13.3. The molecule has 20 heavy (non-hydrogen) atoms. The summed E-state index contributed by atoms with van der Waals surface area (Å²) in [5.74, 6) is 1.77. The van der Waals surface area contributed by atoms with Crippen molar-refractivity contribution in [3.63, 3.8) is 0 Å². The lowest BCUT2D eigenvalue weighted by atomic mass is 10.0. The van der Waals surface area contributed by atoms with Crippen LogP contribution >= 0.6 is 15.9 Å². The van der Waals surface area contributed by atoms with Crippen LogP contribution in [0.3, 0.4) is 0 Å². The van der Waals surface area contributed by atoms with E-state index in [0.29, 0.717) is 17.8 Å². The minimum atomic E-state index is 0.343. The number of likely N-dealkylation sites (N-methyl/N-ethyl adjacent to an activating group) is 1. The molecule has 106 valence electrons. The van der Waals surface area contributed by atoms with Crippen molar-refractivity contribution < 1.29 is 4.52 Å². The highest BCUT2D eigenvalue weighted by Gasteiger charge is 2.31.